The monoisotopic (exact) mass is 331 g/mol. The first kappa shape index (κ1) is 18.1. The van der Waals surface area contributed by atoms with Crippen molar-refractivity contribution in [2.45, 2.75) is 19.6 Å². The normalized spacial score (nSPS) is 12.0. The molecule has 1 amide bonds. The second-order valence-electron chi connectivity index (χ2n) is 5.80. The molecule has 2 aromatic rings. The van der Waals surface area contributed by atoms with Crippen molar-refractivity contribution in [2.75, 3.05) is 20.2 Å². The Morgan fingerprint density at radius 2 is 1.96 bits per heavy atom. The molecule has 0 aliphatic heterocycles. The van der Waals surface area contributed by atoms with Gasteiger partial charge in [-0.3, -0.25) is 4.79 Å². The summed E-state index contributed by atoms with van der Waals surface area (Å²) >= 11 is 0. The van der Waals surface area contributed by atoms with Crippen LogP contribution >= 0.6 is 0 Å². The van der Waals surface area contributed by atoms with Gasteiger partial charge in [-0.15, -0.1) is 0 Å². The van der Waals surface area contributed by atoms with Gasteiger partial charge in [-0.05, 0) is 30.2 Å². The van der Waals surface area contributed by atoms with Gasteiger partial charge in [0.25, 0.3) is 5.91 Å². The molecule has 0 heterocycles. The molecule has 0 spiro atoms. The van der Waals surface area contributed by atoms with Crippen LogP contribution in [-0.4, -0.2) is 42.2 Å². The summed E-state index contributed by atoms with van der Waals surface area (Å²) in [6.07, 6.45) is -0.807. The zero-order valence-electron chi connectivity index (χ0n) is 13.9. The second-order valence-corrected chi connectivity index (χ2v) is 5.80. The average Bonchev–Trinajstić information content (AvgIpc) is 2.57. The smallest absolute Gasteiger partial charge is 0.253 e. The number of aryl methyl sites for hydroxylation is 1. The highest BCUT2D eigenvalue weighted by Gasteiger charge is 2.16. The third-order valence-corrected chi connectivity index (χ3v) is 3.67. The number of aliphatic hydroxyl groups excluding tert-OH is 1. The zero-order valence-corrected chi connectivity index (χ0v) is 13.9. The summed E-state index contributed by atoms with van der Waals surface area (Å²) in [5.41, 5.74) is 1.77. The maximum Gasteiger partial charge on any atom is 0.253 e. The van der Waals surface area contributed by atoms with Crippen molar-refractivity contribution in [3.63, 3.8) is 0 Å². The van der Waals surface area contributed by atoms with Crippen LogP contribution in [0.25, 0.3) is 0 Å². The molecule has 128 valence electrons. The molecule has 0 aliphatic rings. The van der Waals surface area contributed by atoms with Crippen molar-refractivity contribution in [1.82, 2.24) is 4.90 Å². The van der Waals surface area contributed by atoms with Gasteiger partial charge in [-0.1, -0.05) is 36.4 Å². The number of likely N-dealkylation sites (N-methyl/N-ethyl adjacent to an activating group) is 1. The van der Waals surface area contributed by atoms with E-state index in [2.05, 4.69) is 0 Å². The number of aliphatic hydroxyl groups is 1. The second kappa shape index (κ2) is 8.57. The molecule has 0 radical (unpaired) electrons. The van der Waals surface area contributed by atoms with Crippen molar-refractivity contribution in [3.8, 4) is 0 Å². The van der Waals surface area contributed by atoms with E-state index in [9.17, 15) is 14.3 Å². The minimum absolute atomic E-state index is 0.114. The molecular formula is C19H22FNO3. The van der Waals surface area contributed by atoms with Crippen LogP contribution in [0.3, 0.4) is 0 Å². The first-order valence-electron chi connectivity index (χ1n) is 7.78. The number of ether oxygens (including phenoxy) is 1. The highest BCUT2D eigenvalue weighted by molar-refractivity contribution is 5.94. The Bertz CT molecular complexity index is 676. The van der Waals surface area contributed by atoms with Gasteiger partial charge in [0.05, 0.1) is 19.3 Å². The average molecular weight is 331 g/mol. The lowest BCUT2D eigenvalue weighted by Gasteiger charge is -2.21. The number of hydrogen-bond donors (Lipinski definition) is 1. The van der Waals surface area contributed by atoms with Crippen molar-refractivity contribution in [3.05, 3.63) is 71.0 Å². The van der Waals surface area contributed by atoms with Crippen molar-refractivity contribution in [2.24, 2.45) is 0 Å². The Morgan fingerprint density at radius 1 is 1.25 bits per heavy atom. The van der Waals surface area contributed by atoms with E-state index < -0.39 is 11.9 Å². The minimum Gasteiger partial charge on any atom is -0.389 e. The highest BCUT2D eigenvalue weighted by atomic mass is 19.1. The van der Waals surface area contributed by atoms with Gasteiger partial charge < -0.3 is 14.7 Å². The standard InChI is InChI=1S/C19H22FNO3/c1-14-8-9-16(10-18(14)20)19(23)21(2)11-17(22)13-24-12-15-6-4-3-5-7-15/h3-10,17,22H,11-13H2,1-2H3. The Hall–Kier alpha value is -2.24. The number of rotatable bonds is 7. The van der Waals surface area contributed by atoms with E-state index in [1.165, 1.54) is 11.0 Å². The van der Waals surface area contributed by atoms with Gasteiger partial charge in [-0.2, -0.15) is 0 Å². The Kier molecular flexibility index (Phi) is 6.46. The fourth-order valence-corrected chi connectivity index (χ4v) is 2.29. The zero-order chi connectivity index (χ0) is 17.5. The third kappa shape index (κ3) is 5.15. The van der Waals surface area contributed by atoms with Crippen LogP contribution < -0.4 is 0 Å². The molecule has 0 fully saturated rings. The third-order valence-electron chi connectivity index (χ3n) is 3.67. The summed E-state index contributed by atoms with van der Waals surface area (Å²) in [7, 11) is 1.57. The first-order valence-corrected chi connectivity index (χ1v) is 7.78. The number of carbonyl (C=O) groups is 1. The van der Waals surface area contributed by atoms with Gasteiger partial charge in [0.1, 0.15) is 5.82 Å². The number of amides is 1. The van der Waals surface area contributed by atoms with Crippen LogP contribution in [0.15, 0.2) is 48.5 Å². The van der Waals surface area contributed by atoms with Gasteiger partial charge in [0.2, 0.25) is 0 Å². The molecule has 2 rings (SSSR count). The molecule has 5 heteroatoms. The lowest BCUT2D eigenvalue weighted by molar-refractivity contribution is 0.0137. The van der Waals surface area contributed by atoms with Crippen molar-refractivity contribution < 1.29 is 19.0 Å². The molecule has 4 nitrogen and oxygen atoms in total. The fraction of sp³-hybridized carbons (Fsp3) is 0.316. The van der Waals surface area contributed by atoms with Crippen LogP contribution in [0.5, 0.6) is 0 Å². The quantitative estimate of drug-likeness (QED) is 0.849. The molecule has 0 saturated carbocycles. The largest absolute Gasteiger partial charge is 0.389 e. The van der Waals surface area contributed by atoms with Gasteiger partial charge in [0, 0.05) is 19.2 Å². The molecule has 24 heavy (non-hydrogen) atoms. The number of benzene rings is 2. The van der Waals surface area contributed by atoms with Gasteiger partial charge >= 0.3 is 0 Å². The number of nitrogens with zero attached hydrogens (tertiary/aromatic N) is 1. The summed E-state index contributed by atoms with van der Waals surface area (Å²) < 4.78 is 19.0. The minimum atomic E-state index is -0.807. The SMILES string of the molecule is Cc1ccc(C(=O)N(C)CC(O)COCc2ccccc2)cc1F. The molecule has 1 N–H and O–H groups in total. The number of halogens is 1. The van der Waals surface area contributed by atoms with Crippen LogP contribution in [0, 0.1) is 12.7 Å². The molecule has 1 unspecified atom stereocenters. The van der Waals surface area contributed by atoms with Crippen LogP contribution in [0.2, 0.25) is 0 Å². The lowest BCUT2D eigenvalue weighted by Crippen LogP contribution is -2.36. The molecule has 1 atom stereocenters. The van der Waals surface area contributed by atoms with Crippen molar-refractivity contribution >= 4 is 5.91 Å². The topological polar surface area (TPSA) is 49.8 Å². The van der Waals surface area contributed by atoms with E-state index in [1.54, 1.807) is 26.1 Å². The summed E-state index contributed by atoms with van der Waals surface area (Å²) in [4.78, 5) is 13.6. The maximum atomic E-state index is 13.6. The van der Waals surface area contributed by atoms with Gasteiger partial charge in [-0.25, -0.2) is 4.39 Å². The summed E-state index contributed by atoms with van der Waals surface area (Å²) in [6, 6.07) is 14.0. The van der Waals surface area contributed by atoms with Crippen LogP contribution in [-0.2, 0) is 11.3 Å². The predicted octanol–water partition coefficient (Wildman–Crippen LogP) is 2.78. The van der Waals surface area contributed by atoms with E-state index in [-0.39, 0.29) is 24.6 Å². The van der Waals surface area contributed by atoms with E-state index in [1.807, 2.05) is 30.3 Å². The Morgan fingerprint density at radius 3 is 2.62 bits per heavy atom. The number of hydrogen-bond acceptors (Lipinski definition) is 3. The predicted molar refractivity (Wildman–Crippen MR) is 90.2 cm³/mol. The Labute approximate surface area is 141 Å². The summed E-state index contributed by atoms with van der Waals surface area (Å²) in [5.74, 6) is -0.753. The first-order chi connectivity index (χ1) is 11.5. The lowest BCUT2D eigenvalue weighted by atomic mass is 10.1. The summed E-state index contributed by atoms with van der Waals surface area (Å²) in [5, 5.41) is 10.00. The fourth-order valence-electron chi connectivity index (χ4n) is 2.29. The molecule has 0 bridgehead atoms. The number of carbonyl (C=O) groups excluding carboxylic acids is 1. The van der Waals surface area contributed by atoms with E-state index >= 15 is 0 Å². The molecule has 0 aromatic heterocycles. The van der Waals surface area contributed by atoms with E-state index in [4.69, 9.17) is 4.74 Å². The van der Waals surface area contributed by atoms with Crippen LogP contribution in [0.4, 0.5) is 4.39 Å². The maximum absolute atomic E-state index is 13.6. The van der Waals surface area contributed by atoms with E-state index in [0.717, 1.165) is 5.56 Å². The molecule has 0 saturated heterocycles. The van der Waals surface area contributed by atoms with Crippen LogP contribution in [0.1, 0.15) is 21.5 Å². The highest BCUT2D eigenvalue weighted by Crippen LogP contribution is 2.11. The molecule has 0 aliphatic carbocycles. The summed E-state index contributed by atoms with van der Waals surface area (Å²) in [6.45, 7) is 2.28. The molecular weight excluding hydrogens is 309 g/mol. The molecule has 2 aromatic carbocycles. The van der Waals surface area contributed by atoms with Gasteiger partial charge in [0.15, 0.2) is 0 Å². The van der Waals surface area contributed by atoms with Crippen molar-refractivity contribution in [1.29, 1.82) is 0 Å². The van der Waals surface area contributed by atoms with E-state index in [0.29, 0.717) is 12.2 Å². The Balaban J connectivity index is 1.81.